The molecule has 1 N–H and O–H groups in total. The highest BCUT2D eigenvalue weighted by atomic mass is 16.5. The zero-order valence-corrected chi connectivity index (χ0v) is 11.8. The van der Waals surface area contributed by atoms with Crippen LogP contribution >= 0.6 is 0 Å². The number of carbonyl (C=O) groups is 1. The maximum absolute atomic E-state index is 11.8. The van der Waals surface area contributed by atoms with E-state index in [9.17, 15) is 4.79 Å². The van der Waals surface area contributed by atoms with Gasteiger partial charge in [0.25, 0.3) is 5.91 Å². The van der Waals surface area contributed by atoms with Crippen LogP contribution in [0.1, 0.15) is 43.0 Å². The number of aryl methyl sites for hydroxylation is 1. The summed E-state index contributed by atoms with van der Waals surface area (Å²) in [5, 5.41) is 6.82. The Balaban J connectivity index is 1.65. The number of aromatic nitrogens is 2. The summed E-state index contributed by atoms with van der Waals surface area (Å²) in [5.41, 5.74) is 0.591. The first kappa shape index (κ1) is 14.1. The van der Waals surface area contributed by atoms with Gasteiger partial charge in [0.05, 0.1) is 24.5 Å². The number of nitrogens with one attached hydrogen (secondary N) is 1. The van der Waals surface area contributed by atoms with Crippen molar-refractivity contribution in [2.24, 2.45) is 13.0 Å². The van der Waals surface area contributed by atoms with Crippen LogP contribution in [0.3, 0.4) is 0 Å². The first-order valence-electron chi connectivity index (χ1n) is 7.05. The Morgan fingerprint density at radius 3 is 3.00 bits per heavy atom. The fourth-order valence-electron chi connectivity index (χ4n) is 2.55. The molecule has 5 heteroatoms. The third-order valence-electron chi connectivity index (χ3n) is 3.72. The van der Waals surface area contributed by atoms with E-state index in [1.54, 1.807) is 24.1 Å². The van der Waals surface area contributed by atoms with Gasteiger partial charge < -0.3 is 10.1 Å². The van der Waals surface area contributed by atoms with Gasteiger partial charge in [-0.15, -0.1) is 0 Å². The van der Waals surface area contributed by atoms with Gasteiger partial charge in [0.15, 0.2) is 0 Å². The number of ether oxygens (including phenoxy) is 1. The van der Waals surface area contributed by atoms with Crippen LogP contribution in [0.2, 0.25) is 0 Å². The zero-order valence-electron chi connectivity index (χ0n) is 11.8. The molecule has 1 aliphatic carbocycles. The average molecular weight is 265 g/mol. The van der Waals surface area contributed by atoms with Gasteiger partial charge in [0, 0.05) is 19.8 Å². The molecule has 0 aliphatic heterocycles. The van der Waals surface area contributed by atoms with E-state index in [-0.39, 0.29) is 5.91 Å². The van der Waals surface area contributed by atoms with Gasteiger partial charge in [-0.1, -0.05) is 19.8 Å². The topological polar surface area (TPSA) is 56.1 Å². The van der Waals surface area contributed by atoms with E-state index in [2.05, 4.69) is 17.3 Å². The minimum atomic E-state index is -0.0895. The Morgan fingerprint density at radius 2 is 2.32 bits per heavy atom. The van der Waals surface area contributed by atoms with Crippen LogP contribution in [0, 0.1) is 5.92 Å². The SMILES string of the molecule is C[C@@H]1CCCC[C@@H]1OCCNC(=O)c1cnn(C)c1. The van der Waals surface area contributed by atoms with Gasteiger partial charge >= 0.3 is 0 Å². The molecule has 1 saturated carbocycles. The van der Waals surface area contributed by atoms with Crippen molar-refractivity contribution in [3.8, 4) is 0 Å². The third kappa shape index (κ3) is 4.06. The Bertz CT molecular complexity index is 417. The van der Waals surface area contributed by atoms with Crippen LogP contribution in [0.15, 0.2) is 12.4 Å². The Morgan fingerprint density at radius 1 is 1.53 bits per heavy atom. The molecule has 0 unspecified atom stereocenters. The van der Waals surface area contributed by atoms with Crippen LogP contribution in [0.25, 0.3) is 0 Å². The van der Waals surface area contributed by atoms with Crippen molar-refractivity contribution in [2.45, 2.75) is 38.7 Å². The Hall–Kier alpha value is -1.36. The van der Waals surface area contributed by atoms with Gasteiger partial charge in [-0.3, -0.25) is 9.48 Å². The smallest absolute Gasteiger partial charge is 0.254 e. The van der Waals surface area contributed by atoms with Crippen LogP contribution in [-0.4, -0.2) is 34.9 Å². The standard InChI is InChI=1S/C14H23N3O2/c1-11-5-3-4-6-13(11)19-8-7-15-14(18)12-9-16-17(2)10-12/h9-11,13H,3-8H2,1-2H3,(H,15,18)/t11-,13+/m1/s1. The predicted molar refractivity (Wildman–Crippen MR) is 72.9 cm³/mol. The summed E-state index contributed by atoms with van der Waals surface area (Å²) in [5.74, 6) is 0.552. The fourth-order valence-corrected chi connectivity index (χ4v) is 2.55. The molecule has 0 saturated heterocycles. The maximum Gasteiger partial charge on any atom is 0.254 e. The van der Waals surface area contributed by atoms with Gasteiger partial charge in [0.1, 0.15) is 0 Å². The van der Waals surface area contributed by atoms with Crippen LogP contribution in [0.4, 0.5) is 0 Å². The summed E-state index contributed by atoms with van der Waals surface area (Å²) in [6, 6.07) is 0. The molecule has 19 heavy (non-hydrogen) atoms. The maximum atomic E-state index is 11.8. The lowest BCUT2D eigenvalue weighted by Crippen LogP contribution is -2.31. The second-order valence-corrected chi connectivity index (χ2v) is 5.33. The molecule has 0 bridgehead atoms. The predicted octanol–water partition coefficient (Wildman–Crippen LogP) is 1.75. The molecule has 1 aromatic rings. The summed E-state index contributed by atoms with van der Waals surface area (Å²) in [6.45, 7) is 3.38. The summed E-state index contributed by atoms with van der Waals surface area (Å²) in [7, 11) is 1.80. The van der Waals surface area contributed by atoms with Gasteiger partial charge in [-0.2, -0.15) is 5.10 Å². The molecule has 5 nitrogen and oxygen atoms in total. The van der Waals surface area contributed by atoms with E-state index in [1.807, 2.05) is 0 Å². The average Bonchev–Trinajstić information content (AvgIpc) is 2.83. The molecule has 1 aromatic heterocycles. The number of amides is 1. The number of nitrogens with zero attached hydrogens (tertiary/aromatic N) is 2. The molecule has 0 aromatic carbocycles. The van der Waals surface area contributed by atoms with Gasteiger partial charge in [-0.25, -0.2) is 0 Å². The van der Waals surface area contributed by atoms with E-state index in [0.29, 0.717) is 30.7 Å². The lowest BCUT2D eigenvalue weighted by atomic mass is 9.88. The first-order chi connectivity index (χ1) is 9.16. The number of hydrogen-bond acceptors (Lipinski definition) is 3. The van der Waals surface area contributed by atoms with Crippen LogP contribution in [0.5, 0.6) is 0 Å². The van der Waals surface area contributed by atoms with Crippen LogP contribution < -0.4 is 5.32 Å². The van der Waals surface area contributed by atoms with Crippen molar-refractivity contribution in [1.82, 2.24) is 15.1 Å². The minimum absolute atomic E-state index is 0.0895. The van der Waals surface area contributed by atoms with E-state index in [4.69, 9.17) is 4.74 Å². The lowest BCUT2D eigenvalue weighted by molar-refractivity contribution is -0.00293. The number of hydrogen-bond donors (Lipinski definition) is 1. The first-order valence-corrected chi connectivity index (χ1v) is 7.05. The molecule has 0 radical (unpaired) electrons. The highest BCUT2D eigenvalue weighted by molar-refractivity contribution is 5.93. The molecule has 1 fully saturated rings. The second-order valence-electron chi connectivity index (χ2n) is 5.33. The van der Waals surface area contributed by atoms with Crippen molar-refractivity contribution in [3.63, 3.8) is 0 Å². The lowest BCUT2D eigenvalue weighted by Gasteiger charge is -2.28. The summed E-state index contributed by atoms with van der Waals surface area (Å²) < 4.78 is 7.47. The normalized spacial score (nSPS) is 23.3. The van der Waals surface area contributed by atoms with E-state index in [0.717, 1.165) is 6.42 Å². The summed E-state index contributed by atoms with van der Waals surface area (Å²) in [4.78, 5) is 11.8. The second kappa shape index (κ2) is 6.70. The van der Waals surface area contributed by atoms with E-state index < -0.39 is 0 Å². The van der Waals surface area contributed by atoms with E-state index in [1.165, 1.54) is 19.3 Å². The molecule has 0 spiro atoms. The number of carbonyl (C=O) groups excluding carboxylic acids is 1. The molecular formula is C14H23N3O2. The molecule has 106 valence electrons. The van der Waals surface area contributed by atoms with Crippen molar-refractivity contribution in [1.29, 1.82) is 0 Å². The summed E-state index contributed by atoms with van der Waals surface area (Å²) in [6.07, 6.45) is 8.63. The molecule has 1 heterocycles. The highest BCUT2D eigenvalue weighted by Gasteiger charge is 2.21. The quantitative estimate of drug-likeness (QED) is 0.825. The van der Waals surface area contributed by atoms with Crippen molar-refractivity contribution in [2.75, 3.05) is 13.2 Å². The third-order valence-corrected chi connectivity index (χ3v) is 3.72. The van der Waals surface area contributed by atoms with Crippen molar-refractivity contribution >= 4 is 5.91 Å². The van der Waals surface area contributed by atoms with Crippen LogP contribution in [-0.2, 0) is 11.8 Å². The monoisotopic (exact) mass is 265 g/mol. The minimum Gasteiger partial charge on any atom is -0.376 e. The van der Waals surface area contributed by atoms with Crippen molar-refractivity contribution < 1.29 is 9.53 Å². The molecular weight excluding hydrogens is 242 g/mol. The van der Waals surface area contributed by atoms with E-state index >= 15 is 0 Å². The Kier molecular flexibility index (Phi) is 4.96. The number of rotatable bonds is 5. The van der Waals surface area contributed by atoms with Gasteiger partial charge in [0.2, 0.25) is 0 Å². The molecule has 1 aliphatic rings. The van der Waals surface area contributed by atoms with Gasteiger partial charge in [-0.05, 0) is 18.8 Å². The molecule has 2 rings (SSSR count). The Labute approximate surface area is 114 Å². The largest absolute Gasteiger partial charge is 0.376 e. The van der Waals surface area contributed by atoms with Crippen molar-refractivity contribution in [3.05, 3.63) is 18.0 Å². The summed E-state index contributed by atoms with van der Waals surface area (Å²) >= 11 is 0. The molecule has 1 amide bonds. The fraction of sp³-hybridized carbons (Fsp3) is 0.714. The zero-order chi connectivity index (χ0) is 13.7. The molecule has 2 atom stereocenters. The highest BCUT2D eigenvalue weighted by Crippen LogP contribution is 2.25.